The molecular weight excluding hydrogens is 406 g/mol. The molecule has 1 unspecified atom stereocenters. The number of aliphatic hydroxyl groups is 1. The van der Waals surface area contributed by atoms with Crippen molar-refractivity contribution in [2.24, 2.45) is 0 Å². The van der Waals surface area contributed by atoms with Crippen LogP contribution in [0.5, 0.6) is 11.5 Å². The van der Waals surface area contributed by atoms with E-state index in [1.165, 1.54) is 29.8 Å². The number of aryl methyl sites for hydroxylation is 1. The van der Waals surface area contributed by atoms with Gasteiger partial charge < -0.3 is 26.0 Å². The predicted molar refractivity (Wildman–Crippen MR) is 125 cm³/mol. The molecule has 1 amide bonds. The number of nitrogens with zero attached hydrogens (tertiary/aromatic N) is 1. The average Bonchev–Trinajstić information content (AvgIpc) is 2.81. The molecule has 0 spiro atoms. The fourth-order valence-corrected chi connectivity index (χ4v) is 3.96. The summed E-state index contributed by atoms with van der Waals surface area (Å²) in [7, 11) is 0. The molecule has 32 heavy (non-hydrogen) atoms. The van der Waals surface area contributed by atoms with E-state index in [0.717, 1.165) is 48.0 Å². The van der Waals surface area contributed by atoms with E-state index in [-0.39, 0.29) is 24.0 Å². The molecule has 3 aromatic rings. The number of hydrogen-bond donors (Lipinski definition) is 5. The Labute approximate surface area is 186 Å². The van der Waals surface area contributed by atoms with Crippen molar-refractivity contribution in [1.29, 1.82) is 0 Å². The molecule has 0 bridgehead atoms. The summed E-state index contributed by atoms with van der Waals surface area (Å²) in [5.74, 6) is -0.825. The maximum atomic E-state index is 12.1. The Kier molecular flexibility index (Phi) is 6.56. The Morgan fingerprint density at radius 1 is 1.06 bits per heavy atom. The number of aromatic hydroxyl groups is 2. The number of aliphatic hydroxyl groups excluding tert-OH is 1. The summed E-state index contributed by atoms with van der Waals surface area (Å²) >= 11 is 0. The molecule has 2 aromatic carbocycles. The number of fused-ring (bicyclic) bond motifs is 2. The van der Waals surface area contributed by atoms with Crippen LogP contribution in [0.15, 0.2) is 48.5 Å². The van der Waals surface area contributed by atoms with Crippen LogP contribution in [-0.2, 0) is 17.6 Å². The third-order valence-corrected chi connectivity index (χ3v) is 5.62. The first-order valence-electron chi connectivity index (χ1n) is 10.8. The largest absolute Gasteiger partial charge is 0.504 e. The quantitative estimate of drug-likeness (QED) is 0.289. The number of pyridine rings is 1. The van der Waals surface area contributed by atoms with E-state index >= 15 is 0 Å². The zero-order valence-electron chi connectivity index (χ0n) is 17.7. The first kappa shape index (κ1) is 21.6. The van der Waals surface area contributed by atoms with Crippen molar-refractivity contribution >= 4 is 28.6 Å². The summed E-state index contributed by atoms with van der Waals surface area (Å²) < 4.78 is 0. The Bertz CT molecular complexity index is 1160. The first-order valence-corrected chi connectivity index (χ1v) is 10.8. The summed E-state index contributed by atoms with van der Waals surface area (Å²) in [5, 5.41) is 36.4. The molecule has 0 radical (unpaired) electrons. The van der Waals surface area contributed by atoms with Gasteiger partial charge in [0.15, 0.2) is 11.5 Å². The van der Waals surface area contributed by atoms with E-state index in [1.807, 2.05) is 24.3 Å². The molecule has 7 nitrogen and oxygen atoms in total. The van der Waals surface area contributed by atoms with Crippen LogP contribution in [0, 0.1) is 0 Å². The van der Waals surface area contributed by atoms with Crippen LogP contribution in [0.1, 0.15) is 29.7 Å². The predicted octanol–water partition coefficient (Wildman–Crippen LogP) is 3.13. The highest BCUT2D eigenvalue weighted by Gasteiger charge is 2.18. The van der Waals surface area contributed by atoms with Gasteiger partial charge in [0.1, 0.15) is 0 Å². The maximum absolute atomic E-state index is 12.1. The number of benzene rings is 2. The van der Waals surface area contributed by atoms with E-state index in [9.17, 15) is 20.1 Å². The van der Waals surface area contributed by atoms with Gasteiger partial charge in [-0.3, -0.25) is 9.78 Å². The normalized spacial score (nSPS) is 14.3. The molecule has 0 fully saturated rings. The van der Waals surface area contributed by atoms with Gasteiger partial charge in [-0.25, -0.2) is 0 Å². The van der Waals surface area contributed by atoms with Gasteiger partial charge in [0.2, 0.25) is 5.91 Å². The molecule has 1 aliphatic carbocycles. The highest BCUT2D eigenvalue weighted by molar-refractivity contribution is 5.94. The molecule has 1 aromatic heterocycles. The summed E-state index contributed by atoms with van der Waals surface area (Å²) in [5.41, 5.74) is 4.91. The Hall–Kier alpha value is -3.58. The summed E-state index contributed by atoms with van der Waals surface area (Å²) in [6.07, 6.45) is 6.29. The lowest BCUT2D eigenvalue weighted by Crippen LogP contribution is -2.35. The molecule has 5 N–H and O–H groups in total. The molecule has 0 aliphatic heterocycles. The van der Waals surface area contributed by atoms with Crippen LogP contribution in [0.3, 0.4) is 0 Å². The monoisotopic (exact) mass is 433 g/mol. The second-order valence-corrected chi connectivity index (χ2v) is 8.00. The molecule has 166 valence electrons. The van der Waals surface area contributed by atoms with Gasteiger partial charge in [-0.2, -0.15) is 0 Å². The number of carbonyl (C=O) groups is 1. The number of rotatable bonds is 7. The fraction of sp³-hybridized carbons (Fsp3) is 0.280. The Morgan fingerprint density at radius 3 is 2.72 bits per heavy atom. The van der Waals surface area contributed by atoms with Crippen molar-refractivity contribution in [2.75, 3.05) is 18.4 Å². The van der Waals surface area contributed by atoms with Gasteiger partial charge in [0.25, 0.3) is 0 Å². The number of carbonyl (C=O) groups excluding carboxylic acids is 1. The van der Waals surface area contributed by atoms with Gasteiger partial charge in [0.05, 0.1) is 11.6 Å². The smallest absolute Gasteiger partial charge is 0.244 e. The number of amides is 1. The van der Waals surface area contributed by atoms with E-state index < -0.39 is 6.10 Å². The lowest BCUT2D eigenvalue weighted by molar-refractivity contribution is -0.116. The lowest BCUT2D eigenvalue weighted by atomic mass is 9.92. The molecule has 1 atom stereocenters. The first-order chi connectivity index (χ1) is 15.5. The third kappa shape index (κ3) is 5.00. The van der Waals surface area contributed by atoms with Gasteiger partial charge in [0, 0.05) is 35.9 Å². The van der Waals surface area contributed by atoms with E-state index in [1.54, 1.807) is 6.07 Å². The van der Waals surface area contributed by atoms with Crippen molar-refractivity contribution < 1.29 is 20.1 Å². The van der Waals surface area contributed by atoms with Crippen LogP contribution in [-0.4, -0.2) is 45.4 Å². The van der Waals surface area contributed by atoms with Crippen LogP contribution in [0.4, 0.5) is 5.69 Å². The second kappa shape index (κ2) is 9.70. The number of nitrogens with one attached hydrogen (secondary N) is 2. The van der Waals surface area contributed by atoms with Crippen molar-refractivity contribution in [3.8, 4) is 11.5 Å². The number of phenols is 2. The van der Waals surface area contributed by atoms with Crippen LogP contribution < -0.4 is 10.6 Å². The van der Waals surface area contributed by atoms with Gasteiger partial charge >= 0.3 is 0 Å². The number of phenolic OH excluding ortho intramolecular Hbond substituents is 2. The number of hydrogen-bond acceptors (Lipinski definition) is 6. The maximum Gasteiger partial charge on any atom is 0.244 e. The zero-order valence-corrected chi connectivity index (χ0v) is 17.7. The minimum absolute atomic E-state index is 0.0994. The molecule has 4 rings (SSSR count). The summed E-state index contributed by atoms with van der Waals surface area (Å²) in [6.45, 7) is 0.401. The van der Waals surface area contributed by atoms with Crippen molar-refractivity contribution in [1.82, 2.24) is 10.3 Å². The van der Waals surface area contributed by atoms with Crippen molar-refractivity contribution in [3.05, 3.63) is 65.4 Å². The molecule has 1 heterocycles. The molecule has 0 saturated heterocycles. The van der Waals surface area contributed by atoms with E-state index in [2.05, 4.69) is 10.6 Å². The average molecular weight is 434 g/mol. The summed E-state index contributed by atoms with van der Waals surface area (Å²) in [4.78, 5) is 16.9. The number of anilines is 1. The molecular formula is C25H27N3O4. The van der Waals surface area contributed by atoms with Crippen LogP contribution in [0.2, 0.25) is 0 Å². The molecule has 1 aliphatic rings. The van der Waals surface area contributed by atoms with Crippen LogP contribution >= 0.6 is 0 Å². The number of aromatic nitrogens is 1. The highest BCUT2D eigenvalue weighted by Crippen LogP contribution is 2.33. The van der Waals surface area contributed by atoms with Crippen molar-refractivity contribution in [2.45, 2.75) is 31.8 Å². The molecule has 0 saturated carbocycles. The third-order valence-electron chi connectivity index (χ3n) is 5.62. The Balaban J connectivity index is 1.35. The van der Waals surface area contributed by atoms with Gasteiger partial charge in [-0.1, -0.05) is 24.3 Å². The van der Waals surface area contributed by atoms with Gasteiger partial charge in [-0.05, 0) is 61.1 Å². The Morgan fingerprint density at radius 2 is 1.88 bits per heavy atom. The van der Waals surface area contributed by atoms with Crippen LogP contribution in [0.25, 0.3) is 17.0 Å². The van der Waals surface area contributed by atoms with Gasteiger partial charge in [-0.15, -0.1) is 0 Å². The molecule has 7 heteroatoms. The van der Waals surface area contributed by atoms with E-state index in [0.29, 0.717) is 12.1 Å². The summed E-state index contributed by atoms with van der Waals surface area (Å²) in [6, 6.07) is 12.3. The SMILES string of the molecule is O=C(/C=C/c1ccc(O)c(O)c1)NCC(O)CNc1c2c(nc3ccccc13)CCCC2. The topological polar surface area (TPSA) is 115 Å². The second-order valence-electron chi connectivity index (χ2n) is 8.00. The number of para-hydroxylation sites is 1. The minimum atomic E-state index is -0.767. The lowest BCUT2D eigenvalue weighted by Gasteiger charge is -2.22. The van der Waals surface area contributed by atoms with E-state index in [4.69, 9.17) is 4.98 Å². The standard InChI is InChI=1S/C25H27N3O4/c29-17(14-26-24(32)12-10-16-9-11-22(30)23(31)13-16)15-27-25-18-5-1-3-7-20(18)28-21-8-4-2-6-19(21)25/h1,3,5,7,9-13,17,29-31H,2,4,6,8,14-15H2,(H,26,32)(H,27,28)/b12-10+. The fourth-order valence-electron chi connectivity index (χ4n) is 3.96. The minimum Gasteiger partial charge on any atom is -0.504 e. The highest BCUT2D eigenvalue weighted by atomic mass is 16.3. The van der Waals surface area contributed by atoms with Crippen molar-refractivity contribution in [3.63, 3.8) is 0 Å². The zero-order chi connectivity index (χ0) is 22.5.